The Morgan fingerprint density at radius 2 is 1.59 bits per heavy atom. The average molecular weight is 365 g/mol. The molecule has 27 heavy (non-hydrogen) atoms. The van der Waals surface area contributed by atoms with Crippen molar-refractivity contribution in [3.8, 4) is 11.3 Å². The highest BCUT2D eigenvalue weighted by Gasteiger charge is 2.24. The summed E-state index contributed by atoms with van der Waals surface area (Å²) < 4.78 is 6.57. The number of rotatable bonds is 2. The van der Waals surface area contributed by atoms with Crippen LogP contribution in [0.15, 0.2) is 33.9 Å². The predicted molar refractivity (Wildman–Crippen MR) is 106 cm³/mol. The first-order valence-corrected chi connectivity index (χ1v) is 9.00. The number of benzene rings is 1. The lowest BCUT2D eigenvalue weighted by atomic mass is 10.1. The largest absolute Gasteiger partial charge is 0.332 e. The van der Waals surface area contributed by atoms with Crippen LogP contribution in [0.5, 0.6) is 0 Å². The van der Waals surface area contributed by atoms with Crippen LogP contribution in [0, 0.1) is 13.8 Å². The number of hydrogen-bond acceptors (Lipinski definition) is 3. The second-order valence-corrected chi connectivity index (χ2v) is 7.39. The van der Waals surface area contributed by atoms with Gasteiger partial charge >= 0.3 is 5.69 Å². The third kappa shape index (κ3) is 2.24. The predicted octanol–water partition coefficient (Wildman–Crippen LogP) is 2.55. The summed E-state index contributed by atoms with van der Waals surface area (Å²) in [5, 5.41) is 0. The molecule has 0 radical (unpaired) electrons. The Bertz CT molecular complexity index is 1310. The first kappa shape index (κ1) is 17.3. The number of aromatic nitrogens is 5. The molecule has 7 heteroatoms. The van der Waals surface area contributed by atoms with Crippen molar-refractivity contribution >= 4 is 16.9 Å². The molecule has 0 unspecified atom stereocenters. The van der Waals surface area contributed by atoms with Gasteiger partial charge in [-0.25, -0.2) is 4.79 Å². The molecular weight excluding hydrogens is 342 g/mol. The number of hydrogen-bond donors (Lipinski definition) is 0. The van der Waals surface area contributed by atoms with E-state index in [1.54, 1.807) is 7.05 Å². The van der Waals surface area contributed by atoms with Crippen LogP contribution < -0.4 is 11.2 Å². The van der Waals surface area contributed by atoms with Crippen LogP contribution in [0.3, 0.4) is 0 Å². The van der Waals surface area contributed by atoms with E-state index in [-0.39, 0.29) is 17.3 Å². The van der Waals surface area contributed by atoms with Crippen molar-refractivity contribution in [3.05, 3.63) is 56.4 Å². The minimum atomic E-state index is -0.374. The summed E-state index contributed by atoms with van der Waals surface area (Å²) >= 11 is 0. The quantitative estimate of drug-likeness (QED) is 0.548. The molecule has 0 saturated heterocycles. The molecule has 4 aromatic rings. The summed E-state index contributed by atoms with van der Waals surface area (Å²) in [5.41, 5.74) is 4.36. The molecule has 0 bridgehead atoms. The van der Waals surface area contributed by atoms with Gasteiger partial charge in [-0.2, -0.15) is 4.98 Å². The normalized spacial score (nSPS) is 12.0. The fourth-order valence-corrected chi connectivity index (χ4v) is 3.79. The molecule has 0 fully saturated rings. The van der Waals surface area contributed by atoms with Gasteiger partial charge in [0.25, 0.3) is 5.56 Å². The van der Waals surface area contributed by atoms with E-state index >= 15 is 0 Å². The lowest BCUT2D eigenvalue weighted by Gasteiger charge is -2.13. The summed E-state index contributed by atoms with van der Waals surface area (Å²) in [7, 11) is 3.14. The van der Waals surface area contributed by atoms with E-state index in [1.807, 2.05) is 11.3 Å². The third-order valence-electron chi connectivity index (χ3n) is 5.22. The summed E-state index contributed by atoms with van der Waals surface area (Å²) in [6.45, 7) is 8.23. The molecular formula is C20H23N5O2. The second-order valence-electron chi connectivity index (χ2n) is 7.39. The molecule has 0 spiro atoms. The lowest BCUT2D eigenvalue weighted by molar-refractivity contribution is 0.620. The zero-order chi connectivity index (χ0) is 19.6. The summed E-state index contributed by atoms with van der Waals surface area (Å²) in [6.07, 6.45) is 0. The Balaban J connectivity index is 2.24. The van der Waals surface area contributed by atoms with Crippen molar-refractivity contribution in [1.82, 2.24) is 23.1 Å². The van der Waals surface area contributed by atoms with Gasteiger partial charge in [0.05, 0.1) is 5.69 Å². The lowest BCUT2D eigenvalue weighted by Crippen LogP contribution is -2.37. The average Bonchev–Trinajstić information content (AvgIpc) is 3.14. The van der Waals surface area contributed by atoms with Gasteiger partial charge in [0, 0.05) is 31.4 Å². The van der Waals surface area contributed by atoms with Gasteiger partial charge in [-0.3, -0.25) is 18.3 Å². The smallest absolute Gasteiger partial charge is 0.307 e. The van der Waals surface area contributed by atoms with Crippen LogP contribution in [-0.2, 0) is 14.1 Å². The van der Waals surface area contributed by atoms with E-state index in [2.05, 4.69) is 49.6 Å². The highest BCUT2D eigenvalue weighted by atomic mass is 16.2. The molecule has 140 valence electrons. The van der Waals surface area contributed by atoms with Crippen LogP contribution >= 0.6 is 0 Å². The Labute approximate surface area is 156 Å². The maximum atomic E-state index is 12.9. The van der Waals surface area contributed by atoms with Crippen LogP contribution in [0.4, 0.5) is 0 Å². The molecule has 3 heterocycles. The van der Waals surface area contributed by atoms with Gasteiger partial charge in [-0.15, -0.1) is 0 Å². The molecule has 7 nitrogen and oxygen atoms in total. The molecule has 0 N–H and O–H groups in total. The number of aryl methyl sites for hydroxylation is 3. The molecule has 0 aliphatic carbocycles. The maximum absolute atomic E-state index is 12.9. The van der Waals surface area contributed by atoms with Crippen molar-refractivity contribution in [1.29, 1.82) is 0 Å². The Kier molecular flexibility index (Phi) is 3.66. The fraction of sp³-hybridized carbons (Fsp3) is 0.350. The highest BCUT2D eigenvalue weighted by molar-refractivity contribution is 5.80. The van der Waals surface area contributed by atoms with Crippen LogP contribution in [-0.4, -0.2) is 23.1 Å². The fourth-order valence-electron chi connectivity index (χ4n) is 3.79. The van der Waals surface area contributed by atoms with Crippen molar-refractivity contribution in [2.24, 2.45) is 14.1 Å². The molecule has 0 aliphatic heterocycles. The molecule has 0 amide bonds. The topological polar surface area (TPSA) is 66.2 Å². The molecule has 0 saturated carbocycles. The zero-order valence-electron chi connectivity index (χ0n) is 16.4. The number of imidazole rings is 2. The standard InChI is InChI=1S/C20H23N5O2/c1-11(2)24-15(14-9-7-12(3)8-10-14)13(4)25-16-17(21-19(24)25)22(5)20(27)23(6)18(16)26/h7-11H,1-6H3. The van der Waals surface area contributed by atoms with Crippen molar-refractivity contribution < 1.29 is 0 Å². The van der Waals surface area contributed by atoms with E-state index in [0.29, 0.717) is 16.9 Å². The van der Waals surface area contributed by atoms with E-state index < -0.39 is 0 Å². The zero-order valence-corrected chi connectivity index (χ0v) is 16.4. The van der Waals surface area contributed by atoms with Gasteiger partial charge < -0.3 is 4.57 Å². The minimum absolute atomic E-state index is 0.134. The van der Waals surface area contributed by atoms with Gasteiger partial charge in [0.2, 0.25) is 5.78 Å². The molecule has 4 rings (SSSR count). The van der Waals surface area contributed by atoms with Gasteiger partial charge in [-0.05, 0) is 27.7 Å². The SMILES string of the molecule is Cc1ccc(-c2c(C)n3c4c(=O)n(C)c(=O)n(C)c4nc3n2C(C)C)cc1. The first-order valence-electron chi connectivity index (χ1n) is 9.00. The Morgan fingerprint density at radius 3 is 2.19 bits per heavy atom. The first-order chi connectivity index (χ1) is 12.7. The van der Waals surface area contributed by atoms with E-state index in [1.165, 1.54) is 17.2 Å². The van der Waals surface area contributed by atoms with Gasteiger partial charge in [0.15, 0.2) is 11.2 Å². The Morgan fingerprint density at radius 1 is 0.963 bits per heavy atom. The van der Waals surface area contributed by atoms with Crippen molar-refractivity contribution in [2.75, 3.05) is 0 Å². The molecule has 3 aromatic heterocycles. The van der Waals surface area contributed by atoms with E-state index in [0.717, 1.165) is 21.5 Å². The maximum Gasteiger partial charge on any atom is 0.332 e. The summed E-state index contributed by atoms with van der Waals surface area (Å²) in [5.74, 6) is 0.673. The van der Waals surface area contributed by atoms with E-state index in [9.17, 15) is 9.59 Å². The van der Waals surface area contributed by atoms with Crippen molar-refractivity contribution in [2.45, 2.75) is 33.7 Å². The molecule has 0 aliphatic rings. The van der Waals surface area contributed by atoms with Crippen LogP contribution in [0.1, 0.15) is 31.1 Å². The summed E-state index contributed by atoms with van der Waals surface area (Å²) in [6, 6.07) is 8.47. The molecule has 1 aromatic carbocycles. The monoisotopic (exact) mass is 365 g/mol. The van der Waals surface area contributed by atoms with Crippen LogP contribution in [0.2, 0.25) is 0 Å². The third-order valence-corrected chi connectivity index (χ3v) is 5.22. The van der Waals surface area contributed by atoms with E-state index in [4.69, 9.17) is 4.98 Å². The minimum Gasteiger partial charge on any atom is -0.307 e. The molecule has 0 atom stereocenters. The second kappa shape index (κ2) is 5.70. The van der Waals surface area contributed by atoms with Crippen molar-refractivity contribution in [3.63, 3.8) is 0 Å². The van der Waals surface area contributed by atoms with Gasteiger partial charge in [0.1, 0.15) is 0 Å². The highest BCUT2D eigenvalue weighted by Crippen LogP contribution is 2.32. The Hall–Kier alpha value is -3.09. The number of nitrogens with zero attached hydrogens (tertiary/aromatic N) is 5. The van der Waals surface area contributed by atoms with Crippen LogP contribution in [0.25, 0.3) is 28.2 Å². The number of fused-ring (bicyclic) bond motifs is 3. The summed E-state index contributed by atoms with van der Waals surface area (Å²) in [4.78, 5) is 29.9. The van der Waals surface area contributed by atoms with Gasteiger partial charge in [-0.1, -0.05) is 29.8 Å².